The number of pyridine rings is 2. The first-order valence-corrected chi connectivity index (χ1v) is 11.5. The third-order valence-corrected chi connectivity index (χ3v) is 7.05. The average Bonchev–Trinajstić information content (AvgIpc) is 3.17. The van der Waals surface area contributed by atoms with E-state index in [0.717, 1.165) is 22.5 Å². The van der Waals surface area contributed by atoms with Gasteiger partial charge >= 0.3 is 0 Å². The van der Waals surface area contributed by atoms with Crippen molar-refractivity contribution >= 4 is 34.3 Å². The number of H-pyrrole nitrogens is 1. The Labute approximate surface area is 192 Å². The smallest absolute Gasteiger partial charge is 0.155 e. The summed E-state index contributed by atoms with van der Waals surface area (Å²) in [6, 6.07) is 11.1. The van der Waals surface area contributed by atoms with Crippen molar-refractivity contribution in [3.8, 4) is 40.0 Å². The lowest BCUT2D eigenvalue weighted by molar-refractivity contribution is 0.586. The van der Waals surface area contributed by atoms with Gasteiger partial charge in [0.05, 0.1) is 33.7 Å². The number of fused-ring (bicyclic) bond motifs is 5. The van der Waals surface area contributed by atoms with Gasteiger partial charge in [-0.05, 0) is 43.2 Å². The number of benzene rings is 1. The Morgan fingerprint density at radius 1 is 1.19 bits per heavy atom. The van der Waals surface area contributed by atoms with Gasteiger partial charge in [-0.3, -0.25) is 4.98 Å². The fourth-order valence-electron chi connectivity index (χ4n) is 3.72. The molecule has 9 heteroatoms. The summed E-state index contributed by atoms with van der Waals surface area (Å²) in [5, 5.41) is 13.4. The van der Waals surface area contributed by atoms with Gasteiger partial charge in [0.1, 0.15) is 28.7 Å². The molecule has 0 saturated carbocycles. The number of hydrogen-bond donors (Lipinski definition) is 2. The van der Waals surface area contributed by atoms with Crippen LogP contribution in [-0.2, 0) is 11.2 Å². The van der Waals surface area contributed by atoms with E-state index >= 15 is 0 Å². The summed E-state index contributed by atoms with van der Waals surface area (Å²) in [6.45, 7) is 3.72. The molecule has 1 aromatic carbocycles. The zero-order valence-electron chi connectivity index (χ0n) is 17.2. The summed E-state index contributed by atoms with van der Waals surface area (Å²) in [5.74, 6) is 1.12. The van der Waals surface area contributed by atoms with Crippen molar-refractivity contribution in [3.05, 3.63) is 59.5 Å². The molecule has 3 aromatic heterocycles. The van der Waals surface area contributed by atoms with Crippen molar-refractivity contribution in [1.29, 1.82) is 5.26 Å². The number of hydrogen-bond acceptors (Lipinski definition) is 6. The first kappa shape index (κ1) is 20.5. The minimum absolute atomic E-state index is 0.0928. The lowest BCUT2D eigenvalue weighted by Gasteiger charge is -2.15. The molecule has 4 heterocycles. The third-order valence-electron chi connectivity index (χ3n) is 5.19. The van der Waals surface area contributed by atoms with Crippen LogP contribution in [0, 0.1) is 11.3 Å². The van der Waals surface area contributed by atoms with Gasteiger partial charge in [-0.25, -0.2) is 9.97 Å². The second-order valence-electron chi connectivity index (χ2n) is 7.54. The molecule has 1 aliphatic heterocycles. The highest BCUT2D eigenvalue weighted by Gasteiger charge is 2.27. The zero-order valence-corrected chi connectivity index (χ0v) is 18.8. The predicted octanol–water partition coefficient (Wildman–Crippen LogP) is 5.30. The molecule has 0 bridgehead atoms. The van der Waals surface area contributed by atoms with E-state index in [1.165, 1.54) is 0 Å². The van der Waals surface area contributed by atoms with Crippen LogP contribution in [0.25, 0.3) is 33.9 Å². The van der Waals surface area contributed by atoms with Crippen LogP contribution in [0.4, 0.5) is 11.5 Å². The molecule has 32 heavy (non-hydrogen) atoms. The number of nitriles is 1. The van der Waals surface area contributed by atoms with Gasteiger partial charge in [-0.15, -0.1) is 0 Å². The topological polar surface area (TPSA) is 113 Å². The number of halogens is 1. The quantitative estimate of drug-likeness (QED) is 0.353. The second kappa shape index (κ2) is 7.95. The Balaban J connectivity index is 1.74. The van der Waals surface area contributed by atoms with Gasteiger partial charge in [-0.2, -0.15) is 5.26 Å². The molecule has 0 spiro atoms. The number of anilines is 2. The number of imidazole rings is 1. The fraction of sp³-hybridized carbons (Fsp3) is 0.130. The van der Waals surface area contributed by atoms with Crippen molar-refractivity contribution in [2.45, 2.75) is 24.0 Å². The Kier molecular flexibility index (Phi) is 5.10. The molecular weight excluding hydrogens is 444 g/mol. The molecule has 4 aromatic rings. The number of aromatic amines is 1. The highest BCUT2D eigenvalue weighted by atomic mass is 35.5. The van der Waals surface area contributed by atoms with Crippen LogP contribution >= 0.6 is 11.6 Å². The highest BCUT2D eigenvalue weighted by Crippen LogP contribution is 2.44. The van der Waals surface area contributed by atoms with Gasteiger partial charge in [0, 0.05) is 35.7 Å². The molecule has 0 amide bonds. The van der Waals surface area contributed by atoms with Crippen LogP contribution in [0.15, 0.2) is 53.8 Å². The minimum Gasteiger partial charge on any atom is -0.611 e. The predicted molar refractivity (Wildman–Crippen MR) is 125 cm³/mol. The maximum Gasteiger partial charge on any atom is 0.155 e. The average molecular weight is 461 g/mol. The number of nitrogens with zero attached hydrogens (tertiary/aromatic N) is 4. The summed E-state index contributed by atoms with van der Waals surface area (Å²) >= 11 is 5.35. The Hall–Kier alpha value is -3.38. The summed E-state index contributed by atoms with van der Waals surface area (Å²) in [6.07, 6.45) is 5.14. The SMILES string of the molecule is CC(C)[S+]([O-])c1cc(Cl)c(-c2nc3c([nH]2)-c2ccncc2Nc2ncccc2-3)c(C#N)c1. The van der Waals surface area contributed by atoms with E-state index in [4.69, 9.17) is 16.6 Å². The molecule has 158 valence electrons. The van der Waals surface area contributed by atoms with Gasteiger partial charge < -0.3 is 14.9 Å². The molecule has 0 radical (unpaired) electrons. The lowest BCUT2D eigenvalue weighted by Crippen LogP contribution is -2.14. The van der Waals surface area contributed by atoms with Crippen molar-refractivity contribution in [3.63, 3.8) is 0 Å². The molecule has 2 N–H and O–H groups in total. The molecule has 5 rings (SSSR count). The lowest BCUT2D eigenvalue weighted by atomic mass is 10.1. The van der Waals surface area contributed by atoms with E-state index in [-0.39, 0.29) is 5.25 Å². The largest absolute Gasteiger partial charge is 0.611 e. The third kappa shape index (κ3) is 3.31. The minimum atomic E-state index is -1.27. The molecule has 0 aliphatic carbocycles. The van der Waals surface area contributed by atoms with Gasteiger partial charge in [0.25, 0.3) is 0 Å². The molecule has 1 atom stereocenters. The zero-order chi connectivity index (χ0) is 22.4. The Morgan fingerprint density at radius 2 is 2.03 bits per heavy atom. The van der Waals surface area contributed by atoms with E-state index in [2.05, 4.69) is 26.3 Å². The van der Waals surface area contributed by atoms with Gasteiger partial charge in [-0.1, -0.05) is 11.6 Å². The molecule has 0 fully saturated rings. The normalized spacial score (nSPS) is 12.8. The highest BCUT2D eigenvalue weighted by molar-refractivity contribution is 7.92. The summed E-state index contributed by atoms with van der Waals surface area (Å²) in [5.41, 5.74) is 4.72. The summed E-state index contributed by atoms with van der Waals surface area (Å²) in [4.78, 5) is 17.4. The van der Waals surface area contributed by atoms with Crippen LogP contribution in [0.3, 0.4) is 0 Å². The molecule has 1 aliphatic rings. The van der Waals surface area contributed by atoms with Crippen molar-refractivity contribution in [1.82, 2.24) is 19.9 Å². The summed E-state index contributed by atoms with van der Waals surface area (Å²) < 4.78 is 12.6. The number of rotatable bonds is 3. The van der Waals surface area contributed by atoms with Gasteiger partial charge in [0.15, 0.2) is 4.90 Å². The van der Waals surface area contributed by atoms with E-state index in [9.17, 15) is 9.81 Å². The monoisotopic (exact) mass is 460 g/mol. The Bertz CT molecular complexity index is 1330. The first-order valence-electron chi connectivity index (χ1n) is 9.89. The maximum atomic E-state index is 12.6. The number of aromatic nitrogens is 4. The molecular formula is C23H17ClN6OS. The summed E-state index contributed by atoms with van der Waals surface area (Å²) in [7, 11) is 0. The van der Waals surface area contributed by atoms with E-state index in [1.54, 1.807) is 30.7 Å². The van der Waals surface area contributed by atoms with Crippen LogP contribution < -0.4 is 5.32 Å². The first-order chi connectivity index (χ1) is 15.5. The van der Waals surface area contributed by atoms with Crippen molar-refractivity contribution < 1.29 is 4.55 Å². The molecule has 7 nitrogen and oxygen atoms in total. The van der Waals surface area contributed by atoms with Crippen LogP contribution in [-0.4, -0.2) is 29.7 Å². The Morgan fingerprint density at radius 3 is 2.81 bits per heavy atom. The van der Waals surface area contributed by atoms with Crippen LogP contribution in [0.1, 0.15) is 19.4 Å². The molecule has 0 saturated heterocycles. The maximum absolute atomic E-state index is 12.6. The van der Waals surface area contributed by atoms with Crippen LogP contribution in [0.2, 0.25) is 5.02 Å². The fourth-order valence-corrected chi connectivity index (χ4v) is 5.10. The van der Waals surface area contributed by atoms with Crippen molar-refractivity contribution in [2.24, 2.45) is 0 Å². The van der Waals surface area contributed by atoms with Crippen LogP contribution in [0.5, 0.6) is 0 Å². The van der Waals surface area contributed by atoms with Crippen molar-refractivity contribution in [2.75, 3.05) is 5.32 Å². The van der Waals surface area contributed by atoms with E-state index < -0.39 is 11.2 Å². The number of nitrogens with one attached hydrogen (secondary N) is 2. The molecule has 1 unspecified atom stereocenters. The second-order valence-corrected chi connectivity index (χ2v) is 9.96. The van der Waals surface area contributed by atoms with E-state index in [0.29, 0.717) is 38.4 Å². The van der Waals surface area contributed by atoms with E-state index in [1.807, 2.05) is 32.0 Å². The van der Waals surface area contributed by atoms with Gasteiger partial charge in [0.2, 0.25) is 0 Å². The standard InChI is InChI=1S/C23H17ClN6OS/c1-12(2)32(31)14-8-13(10-25)19(17(24)9-14)23-29-20-15-5-7-26-11-18(15)28-22-16(21(20)30-23)4-3-6-27-22/h3-9,11-12H,1-2H3,(H,27,28)(H,29,30).